The molecule has 2 unspecified atom stereocenters. The first-order chi connectivity index (χ1) is 12.9. The van der Waals surface area contributed by atoms with Gasteiger partial charge >= 0.3 is 6.18 Å². The van der Waals surface area contributed by atoms with Crippen LogP contribution < -0.4 is 0 Å². The van der Waals surface area contributed by atoms with Gasteiger partial charge in [-0.2, -0.15) is 13.2 Å². The number of rotatable bonds is 7. The Kier molecular flexibility index (Phi) is 6.31. The standard InChI is InChI=1S/C23H29F3O2/c1-7-22(8-2,28-16(5)21(6,27)23(24,25)26)19-14-10-12-17-11-9-13-18(15(3)4)20(17)19/h9-14,16,27H,3,7-8H2,1-2,4-6H3. The molecule has 2 aromatic rings. The number of ether oxygens (including phenoxy) is 1. The van der Waals surface area contributed by atoms with Crippen molar-refractivity contribution >= 4 is 16.3 Å². The molecule has 0 amide bonds. The number of aliphatic hydroxyl groups is 1. The van der Waals surface area contributed by atoms with Crippen LogP contribution in [0.5, 0.6) is 0 Å². The lowest BCUT2D eigenvalue weighted by atomic mass is 9.82. The van der Waals surface area contributed by atoms with E-state index in [9.17, 15) is 18.3 Å². The van der Waals surface area contributed by atoms with Crippen molar-refractivity contribution < 1.29 is 23.0 Å². The molecule has 0 bridgehead atoms. The molecule has 28 heavy (non-hydrogen) atoms. The highest BCUT2D eigenvalue weighted by atomic mass is 19.4. The van der Waals surface area contributed by atoms with Gasteiger partial charge in [0.15, 0.2) is 5.60 Å². The van der Waals surface area contributed by atoms with Crippen molar-refractivity contribution in [2.24, 2.45) is 0 Å². The number of hydrogen-bond acceptors (Lipinski definition) is 2. The van der Waals surface area contributed by atoms with Crippen LogP contribution >= 0.6 is 0 Å². The van der Waals surface area contributed by atoms with Crippen molar-refractivity contribution in [3.05, 3.63) is 54.1 Å². The summed E-state index contributed by atoms with van der Waals surface area (Å²) in [7, 11) is 0. The topological polar surface area (TPSA) is 29.5 Å². The van der Waals surface area contributed by atoms with Gasteiger partial charge < -0.3 is 9.84 Å². The molecule has 2 rings (SSSR count). The van der Waals surface area contributed by atoms with Gasteiger partial charge in [0.1, 0.15) is 0 Å². The molecule has 1 N–H and O–H groups in total. The lowest BCUT2D eigenvalue weighted by molar-refractivity contribution is -0.301. The number of hydrogen-bond donors (Lipinski definition) is 1. The van der Waals surface area contributed by atoms with Crippen LogP contribution in [-0.2, 0) is 10.3 Å². The molecule has 0 fully saturated rings. The van der Waals surface area contributed by atoms with E-state index >= 15 is 0 Å². The highest BCUT2D eigenvalue weighted by Gasteiger charge is 2.55. The van der Waals surface area contributed by atoms with Crippen molar-refractivity contribution in [2.75, 3.05) is 0 Å². The maximum Gasteiger partial charge on any atom is 0.419 e. The third-order valence-electron chi connectivity index (χ3n) is 5.77. The number of benzene rings is 2. The molecule has 0 saturated carbocycles. The van der Waals surface area contributed by atoms with E-state index in [1.54, 1.807) is 0 Å². The summed E-state index contributed by atoms with van der Waals surface area (Å²) in [4.78, 5) is 0. The highest BCUT2D eigenvalue weighted by Crippen LogP contribution is 2.43. The Bertz CT molecular complexity index is 843. The summed E-state index contributed by atoms with van der Waals surface area (Å²) in [6.07, 6.45) is -5.31. The summed E-state index contributed by atoms with van der Waals surface area (Å²) >= 11 is 0. The van der Waals surface area contributed by atoms with E-state index in [-0.39, 0.29) is 0 Å². The van der Waals surface area contributed by atoms with E-state index in [2.05, 4.69) is 6.58 Å². The molecule has 2 atom stereocenters. The van der Waals surface area contributed by atoms with Crippen LogP contribution in [0.3, 0.4) is 0 Å². The first kappa shape index (κ1) is 22.4. The number of allylic oxidation sites excluding steroid dienone is 1. The molecule has 5 heteroatoms. The van der Waals surface area contributed by atoms with Gasteiger partial charge in [-0.1, -0.05) is 62.4 Å². The van der Waals surface area contributed by atoms with E-state index in [4.69, 9.17) is 4.74 Å². The van der Waals surface area contributed by atoms with E-state index in [1.807, 2.05) is 57.2 Å². The Labute approximate surface area is 165 Å². The van der Waals surface area contributed by atoms with Crippen molar-refractivity contribution in [3.63, 3.8) is 0 Å². The van der Waals surface area contributed by atoms with Crippen molar-refractivity contribution in [1.29, 1.82) is 0 Å². The molecule has 0 aromatic heterocycles. The first-order valence-corrected chi connectivity index (χ1v) is 9.56. The summed E-state index contributed by atoms with van der Waals surface area (Å²) in [5.41, 5.74) is -1.30. The highest BCUT2D eigenvalue weighted by molar-refractivity contribution is 5.96. The average Bonchev–Trinajstić information content (AvgIpc) is 2.64. The minimum Gasteiger partial charge on any atom is -0.379 e. The first-order valence-electron chi connectivity index (χ1n) is 9.56. The fourth-order valence-electron chi connectivity index (χ4n) is 3.62. The van der Waals surface area contributed by atoms with Gasteiger partial charge in [-0.15, -0.1) is 0 Å². The van der Waals surface area contributed by atoms with Crippen LogP contribution in [0, 0.1) is 0 Å². The van der Waals surface area contributed by atoms with Crippen LogP contribution in [0.25, 0.3) is 16.3 Å². The summed E-state index contributed by atoms with van der Waals surface area (Å²) in [5.74, 6) is 0. The van der Waals surface area contributed by atoms with Gasteiger partial charge in [0.05, 0.1) is 11.7 Å². The van der Waals surface area contributed by atoms with E-state index in [0.717, 1.165) is 34.4 Å². The largest absolute Gasteiger partial charge is 0.419 e. The predicted octanol–water partition coefficient (Wildman–Crippen LogP) is 6.61. The molecule has 0 aliphatic heterocycles. The molecule has 2 nitrogen and oxygen atoms in total. The van der Waals surface area contributed by atoms with Gasteiger partial charge in [-0.3, -0.25) is 0 Å². The Morgan fingerprint density at radius 3 is 2.11 bits per heavy atom. The molecule has 0 spiro atoms. The molecule has 2 aromatic carbocycles. The zero-order valence-electron chi connectivity index (χ0n) is 17.2. The second-order valence-electron chi connectivity index (χ2n) is 7.60. The lowest BCUT2D eigenvalue weighted by Gasteiger charge is -2.41. The summed E-state index contributed by atoms with van der Waals surface area (Å²) in [5, 5.41) is 12.0. The number of halogens is 3. The van der Waals surface area contributed by atoms with Crippen molar-refractivity contribution in [1.82, 2.24) is 0 Å². The van der Waals surface area contributed by atoms with E-state index < -0.39 is 23.5 Å². The van der Waals surface area contributed by atoms with Gasteiger partial charge in [0.2, 0.25) is 0 Å². The third kappa shape index (κ3) is 3.83. The molecule has 154 valence electrons. The van der Waals surface area contributed by atoms with Crippen LogP contribution in [0.15, 0.2) is 43.0 Å². The van der Waals surface area contributed by atoms with Gasteiger partial charge in [-0.05, 0) is 55.5 Å². The Morgan fingerprint density at radius 2 is 1.64 bits per heavy atom. The third-order valence-corrected chi connectivity index (χ3v) is 5.77. The molecular weight excluding hydrogens is 365 g/mol. The molecule has 0 aliphatic rings. The van der Waals surface area contributed by atoms with Crippen LogP contribution in [-0.4, -0.2) is 23.0 Å². The number of alkyl halides is 3. The maximum atomic E-state index is 13.4. The van der Waals surface area contributed by atoms with Crippen LogP contribution in [0.1, 0.15) is 58.6 Å². The molecule has 0 heterocycles. The zero-order chi connectivity index (χ0) is 21.3. The Balaban J connectivity index is 2.68. The Morgan fingerprint density at radius 1 is 1.11 bits per heavy atom. The van der Waals surface area contributed by atoms with Crippen LogP contribution in [0.4, 0.5) is 13.2 Å². The summed E-state index contributed by atoms with van der Waals surface area (Å²) in [6, 6.07) is 11.6. The number of fused-ring (bicyclic) bond motifs is 1. The quantitative estimate of drug-likeness (QED) is 0.573. The SMILES string of the molecule is C=C(C)c1cccc2cccc(C(CC)(CC)OC(C)C(C)(O)C(F)(F)F)c12. The monoisotopic (exact) mass is 394 g/mol. The second-order valence-corrected chi connectivity index (χ2v) is 7.60. The van der Waals surface area contributed by atoms with Gasteiger partial charge in [0, 0.05) is 0 Å². The van der Waals surface area contributed by atoms with Gasteiger partial charge in [-0.25, -0.2) is 0 Å². The minimum absolute atomic E-state index is 0.464. The molecule has 0 aliphatic carbocycles. The zero-order valence-corrected chi connectivity index (χ0v) is 17.2. The fourth-order valence-corrected chi connectivity index (χ4v) is 3.62. The average molecular weight is 394 g/mol. The van der Waals surface area contributed by atoms with Crippen LogP contribution in [0.2, 0.25) is 0 Å². The Hall–Kier alpha value is -1.85. The second kappa shape index (κ2) is 7.88. The maximum absolute atomic E-state index is 13.4. The van der Waals surface area contributed by atoms with E-state index in [1.165, 1.54) is 6.92 Å². The van der Waals surface area contributed by atoms with Gasteiger partial charge in [0.25, 0.3) is 0 Å². The molecular formula is C23H29F3O2. The predicted molar refractivity (Wildman–Crippen MR) is 108 cm³/mol. The van der Waals surface area contributed by atoms with Crippen molar-refractivity contribution in [2.45, 2.75) is 70.9 Å². The lowest BCUT2D eigenvalue weighted by Crippen LogP contribution is -2.54. The smallest absolute Gasteiger partial charge is 0.379 e. The summed E-state index contributed by atoms with van der Waals surface area (Å²) in [6.45, 7) is 11.8. The van der Waals surface area contributed by atoms with E-state index in [0.29, 0.717) is 12.8 Å². The normalized spacial score (nSPS) is 16.0. The van der Waals surface area contributed by atoms with Crippen molar-refractivity contribution in [3.8, 4) is 0 Å². The fraction of sp³-hybridized carbons (Fsp3) is 0.478. The minimum atomic E-state index is -4.79. The molecule has 0 saturated heterocycles. The molecule has 0 radical (unpaired) electrons. The summed E-state index contributed by atoms with van der Waals surface area (Å²) < 4.78 is 46.1.